The number of carbonyl (C=O) groups excluding carboxylic acids is 1. The highest BCUT2D eigenvalue weighted by molar-refractivity contribution is 5.94. The number of amides is 1. The zero-order chi connectivity index (χ0) is 15.1. The first-order valence-corrected chi connectivity index (χ1v) is 7.24. The van der Waals surface area contributed by atoms with E-state index in [4.69, 9.17) is 5.11 Å². The maximum Gasteiger partial charge on any atom is 0.251 e. The van der Waals surface area contributed by atoms with Crippen LogP contribution in [-0.4, -0.2) is 17.6 Å². The quantitative estimate of drug-likeness (QED) is 0.855. The van der Waals surface area contributed by atoms with Gasteiger partial charge in [0.1, 0.15) is 0 Å². The Balaban J connectivity index is 2.13. The SMILES string of the molecule is Cc1cccc(C(=O)NC(CCCO)c2ccccc2)c1. The second-order valence-electron chi connectivity index (χ2n) is 5.17. The average Bonchev–Trinajstić information content (AvgIpc) is 2.52. The lowest BCUT2D eigenvalue weighted by molar-refractivity contribution is 0.0932. The second-order valence-corrected chi connectivity index (χ2v) is 5.17. The molecule has 2 aromatic rings. The van der Waals surface area contributed by atoms with Gasteiger partial charge in [-0.25, -0.2) is 0 Å². The van der Waals surface area contributed by atoms with Crippen molar-refractivity contribution in [3.05, 3.63) is 71.3 Å². The summed E-state index contributed by atoms with van der Waals surface area (Å²) >= 11 is 0. The molecule has 0 heterocycles. The first-order chi connectivity index (χ1) is 10.2. The summed E-state index contributed by atoms with van der Waals surface area (Å²) in [4.78, 5) is 12.4. The highest BCUT2D eigenvalue weighted by atomic mass is 16.3. The summed E-state index contributed by atoms with van der Waals surface area (Å²) in [6.07, 6.45) is 1.38. The lowest BCUT2D eigenvalue weighted by atomic mass is 10.0. The molecule has 0 spiro atoms. The van der Waals surface area contributed by atoms with Crippen LogP contribution in [0.1, 0.15) is 40.4 Å². The van der Waals surface area contributed by atoms with E-state index in [9.17, 15) is 4.79 Å². The smallest absolute Gasteiger partial charge is 0.251 e. The van der Waals surface area contributed by atoms with Crippen molar-refractivity contribution in [3.63, 3.8) is 0 Å². The van der Waals surface area contributed by atoms with Crippen LogP contribution in [0.3, 0.4) is 0 Å². The predicted octanol–water partition coefficient (Wildman–Crippen LogP) is 3.24. The fourth-order valence-electron chi connectivity index (χ4n) is 2.33. The van der Waals surface area contributed by atoms with Crippen LogP contribution in [-0.2, 0) is 0 Å². The molecule has 0 aliphatic carbocycles. The summed E-state index contributed by atoms with van der Waals surface area (Å²) in [5, 5.41) is 12.1. The van der Waals surface area contributed by atoms with E-state index >= 15 is 0 Å². The van der Waals surface area contributed by atoms with Gasteiger partial charge in [0.15, 0.2) is 0 Å². The Kier molecular flexibility index (Phi) is 5.52. The molecule has 0 fully saturated rings. The summed E-state index contributed by atoms with van der Waals surface area (Å²) in [5.41, 5.74) is 2.79. The molecular formula is C18H21NO2. The minimum Gasteiger partial charge on any atom is -0.396 e. The van der Waals surface area contributed by atoms with Crippen molar-refractivity contribution in [2.45, 2.75) is 25.8 Å². The molecule has 1 unspecified atom stereocenters. The van der Waals surface area contributed by atoms with Crippen molar-refractivity contribution < 1.29 is 9.90 Å². The molecule has 0 saturated carbocycles. The van der Waals surface area contributed by atoms with Gasteiger partial charge in [-0.2, -0.15) is 0 Å². The van der Waals surface area contributed by atoms with E-state index in [1.54, 1.807) is 0 Å². The molecule has 0 radical (unpaired) electrons. The van der Waals surface area contributed by atoms with E-state index in [0.717, 1.165) is 17.5 Å². The van der Waals surface area contributed by atoms with Gasteiger partial charge in [-0.1, -0.05) is 48.0 Å². The molecule has 110 valence electrons. The Bertz CT molecular complexity index is 581. The summed E-state index contributed by atoms with van der Waals surface area (Å²) < 4.78 is 0. The van der Waals surface area contributed by atoms with Crippen molar-refractivity contribution >= 4 is 5.91 Å². The normalized spacial score (nSPS) is 11.9. The summed E-state index contributed by atoms with van der Waals surface area (Å²) in [6, 6.07) is 17.3. The van der Waals surface area contributed by atoms with Crippen LogP contribution in [0.15, 0.2) is 54.6 Å². The second kappa shape index (κ2) is 7.60. The Morgan fingerprint density at radius 2 is 1.90 bits per heavy atom. The molecule has 2 aromatic carbocycles. The highest BCUT2D eigenvalue weighted by Crippen LogP contribution is 2.19. The van der Waals surface area contributed by atoms with Gasteiger partial charge in [0, 0.05) is 12.2 Å². The molecule has 0 aromatic heterocycles. The number of benzene rings is 2. The molecule has 2 N–H and O–H groups in total. The third-order valence-electron chi connectivity index (χ3n) is 3.44. The molecule has 1 amide bonds. The number of aliphatic hydroxyl groups excluding tert-OH is 1. The van der Waals surface area contributed by atoms with E-state index < -0.39 is 0 Å². The third kappa shape index (κ3) is 4.43. The number of rotatable bonds is 6. The first kappa shape index (κ1) is 15.3. The Labute approximate surface area is 125 Å². The fraction of sp³-hybridized carbons (Fsp3) is 0.278. The lowest BCUT2D eigenvalue weighted by Crippen LogP contribution is -2.28. The monoisotopic (exact) mass is 283 g/mol. The van der Waals surface area contributed by atoms with Gasteiger partial charge in [0.25, 0.3) is 5.91 Å². The van der Waals surface area contributed by atoms with E-state index in [1.807, 2.05) is 61.5 Å². The molecule has 0 saturated heterocycles. The zero-order valence-electron chi connectivity index (χ0n) is 12.3. The van der Waals surface area contributed by atoms with Crippen LogP contribution < -0.4 is 5.32 Å². The molecule has 0 aliphatic rings. The summed E-state index contributed by atoms with van der Waals surface area (Å²) in [5.74, 6) is -0.0782. The van der Waals surface area contributed by atoms with Crippen LogP contribution in [0.4, 0.5) is 0 Å². The van der Waals surface area contributed by atoms with Crippen LogP contribution >= 0.6 is 0 Å². The number of hydrogen-bond donors (Lipinski definition) is 2. The van der Waals surface area contributed by atoms with Crippen molar-refractivity contribution in [2.75, 3.05) is 6.61 Å². The van der Waals surface area contributed by atoms with Gasteiger partial charge in [-0.3, -0.25) is 4.79 Å². The largest absolute Gasteiger partial charge is 0.396 e. The molecular weight excluding hydrogens is 262 g/mol. The molecule has 0 aliphatic heterocycles. The van der Waals surface area contributed by atoms with Crippen LogP contribution in [0.2, 0.25) is 0 Å². The number of aliphatic hydroxyl groups is 1. The van der Waals surface area contributed by atoms with Crippen LogP contribution in [0.5, 0.6) is 0 Å². The summed E-state index contributed by atoms with van der Waals surface area (Å²) in [7, 11) is 0. The number of nitrogens with one attached hydrogen (secondary N) is 1. The van der Waals surface area contributed by atoms with Crippen molar-refractivity contribution in [2.24, 2.45) is 0 Å². The molecule has 2 rings (SSSR count). The molecule has 3 nitrogen and oxygen atoms in total. The molecule has 0 bridgehead atoms. The van der Waals surface area contributed by atoms with E-state index in [1.165, 1.54) is 0 Å². The fourth-order valence-corrected chi connectivity index (χ4v) is 2.33. The van der Waals surface area contributed by atoms with Gasteiger partial charge in [0.2, 0.25) is 0 Å². The van der Waals surface area contributed by atoms with Crippen LogP contribution in [0.25, 0.3) is 0 Å². The van der Waals surface area contributed by atoms with Gasteiger partial charge in [0.05, 0.1) is 6.04 Å². The molecule has 21 heavy (non-hydrogen) atoms. The van der Waals surface area contributed by atoms with E-state index in [0.29, 0.717) is 12.0 Å². The van der Waals surface area contributed by atoms with Gasteiger partial charge >= 0.3 is 0 Å². The summed E-state index contributed by atoms with van der Waals surface area (Å²) in [6.45, 7) is 2.10. The zero-order valence-corrected chi connectivity index (χ0v) is 12.3. The van der Waals surface area contributed by atoms with E-state index in [-0.39, 0.29) is 18.6 Å². The minimum absolute atomic E-state index is 0.0774. The standard InChI is InChI=1S/C18H21NO2/c1-14-7-5-10-16(13-14)18(21)19-17(11-6-12-20)15-8-3-2-4-9-15/h2-5,7-10,13,17,20H,6,11-12H2,1H3,(H,19,21). The Morgan fingerprint density at radius 3 is 2.57 bits per heavy atom. The van der Waals surface area contributed by atoms with Gasteiger partial charge in [-0.15, -0.1) is 0 Å². The van der Waals surface area contributed by atoms with Crippen molar-refractivity contribution in [3.8, 4) is 0 Å². The number of hydrogen-bond acceptors (Lipinski definition) is 2. The topological polar surface area (TPSA) is 49.3 Å². The maximum absolute atomic E-state index is 12.4. The predicted molar refractivity (Wildman–Crippen MR) is 84.1 cm³/mol. The Hall–Kier alpha value is -2.13. The van der Waals surface area contributed by atoms with Gasteiger partial charge in [-0.05, 0) is 37.5 Å². The maximum atomic E-state index is 12.4. The third-order valence-corrected chi connectivity index (χ3v) is 3.44. The van der Waals surface area contributed by atoms with Crippen molar-refractivity contribution in [1.29, 1.82) is 0 Å². The molecule has 1 atom stereocenters. The van der Waals surface area contributed by atoms with Crippen LogP contribution in [0, 0.1) is 6.92 Å². The first-order valence-electron chi connectivity index (χ1n) is 7.24. The lowest BCUT2D eigenvalue weighted by Gasteiger charge is -2.19. The van der Waals surface area contributed by atoms with Gasteiger partial charge < -0.3 is 10.4 Å². The number of aryl methyl sites for hydroxylation is 1. The Morgan fingerprint density at radius 1 is 1.14 bits per heavy atom. The highest BCUT2D eigenvalue weighted by Gasteiger charge is 2.15. The number of carbonyl (C=O) groups is 1. The van der Waals surface area contributed by atoms with E-state index in [2.05, 4.69) is 5.32 Å². The average molecular weight is 283 g/mol. The minimum atomic E-state index is -0.0782. The molecule has 3 heteroatoms. The van der Waals surface area contributed by atoms with Crippen molar-refractivity contribution in [1.82, 2.24) is 5.32 Å².